The van der Waals surface area contributed by atoms with E-state index in [1.54, 1.807) is 12.3 Å². The molecule has 0 N–H and O–H groups in total. The highest BCUT2D eigenvalue weighted by atomic mass is 35.5. The van der Waals surface area contributed by atoms with Crippen molar-refractivity contribution in [2.75, 3.05) is 25.2 Å². The zero-order valence-electron chi connectivity index (χ0n) is 17.1. The number of ether oxygens (including phenoxy) is 2. The molecule has 0 saturated carbocycles. The smallest absolute Gasteiger partial charge is 0.129 e. The Morgan fingerprint density at radius 3 is 1.83 bits per heavy atom. The van der Waals surface area contributed by atoms with E-state index in [-0.39, 0.29) is 10.1 Å². The Labute approximate surface area is 182 Å². The van der Waals surface area contributed by atoms with Gasteiger partial charge in [-0.1, -0.05) is 28.4 Å². The molecule has 7 heteroatoms. The third-order valence-corrected chi connectivity index (χ3v) is 3.97. The molecule has 29 heavy (non-hydrogen) atoms. The molecular weight excluding hydrogens is 411 g/mol. The monoisotopic (exact) mass is 436 g/mol. The quantitative estimate of drug-likeness (QED) is 0.340. The Morgan fingerprint density at radius 1 is 0.897 bits per heavy atom. The van der Waals surface area contributed by atoms with Crippen LogP contribution in [-0.4, -0.2) is 32.1 Å². The summed E-state index contributed by atoms with van der Waals surface area (Å²) < 4.78 is 11.4. The van der Waals surface area contributed by atoms with Gasteiger partial charge in [-0.15, -0.1) is 0 Å². The number of anilines is 2. The fraction of sp³-hybridized carbons (Fsp3) is 0.318. The number of hydrogen-bond acceptors (Lipinski definition) is 5. The molecule has 2 rings (SSSR count). The summed E-state index contributed by atoms with van der Waals surface area (Å²) in [7, 11) is 2.00. The fourth-order valence-corrected chi connectivity index (χ4v) is 2.37. The Bertz CT molecular complexity index is 809. The van der Waals surface area contributed by atoms with E-state index in [1.165, 1.54) is 0 Å². The van der Waals surface area contributed by atoms with E-state index >= 15 is 0 Å². The maximum absolute atomic E-state index is 5.64. The molecular formula is C22H26Cl2N2O3. The van der Waals surface area contributed by atoms with E-state index in [4.69, 9.17) is 37.5 Å². The van der Waals surface area contributed by atoms with Crippen LogP contribution >= 0.6 is 23.2 Å². The standard InChI is InChI=1S/C22H26Cl2N2O3/c1-22(2,3)29-25-14-16-28-20-11-7-18(8-12-20)26(4)17-5-9-19(10-6-17)27-15-13-21(23)24/h5-14H,15-16H2,1-4H3. The van der Waals surface area contributed by atoms with Crippen LogP contribution in [0.1, 0.15) is 20.8 Å². The Balaban J connectivity index is 1.88. The molecule has 0 aliphatic heterocycles. The van der Waals surface area contributed by atoms with Gasteiger partial charge in [0.2, 0.25) is 0 Å². The summed E-state index contributed by atoms with van der Waals surface area (Å²) in [5.41, 5.74) is 1.76. The zero-order chi connectivity index (χ0) is 21.3. The van der Waals surface area contributed by atoms with Gasteiger partial charge in [0, 0.05) is 18.4 Å². The summed E-state index contributed by atoms with van der Waals surface area (Å²) in [6, 6.07) is 15.6. The summed E-state index contributed by atoms with van der Waals surface area (Å²) in [6.07, 6.45) is 3.20. The van der Waals surface area contributed by atoms with Crippen molar-refractivity contribution in [2.24, 2.45) is 5.16 Å². The minimum atomic E-state index is -0.304. The summed E-state index contributed by atoms with van der Waals surface area (Å²) in [4.78, 5) is 7.34. The van der Waals surface area contributed by atoms with Gasteiger partial charge in [0.15, 0.2) is 0 Å². The minimum Gasteiger partial charge on any atom is -0.489 e. The highest BCUT2D eigenvalue weighted by Gasteiger charge is 2.09. The fourth-order valence-electron chi connectivity index (χ4n) is 2.24. The van der Waals surface area contributed by atoms with Crippen molar-refractivity contribution >= 4 is 40.8 Å². The van der Waals surface area contributed by atoms with Crippen molar-refractivity contribution in [3.63, 3.8) is 0 Å². The summed E-state index contributed by atoms with van der Waals surface area (Å²) >= 11 is 11.1. The van der Waals surface area contributed by atoms with Crippen LogP contribution in [-0.2, 0) is 4.84 Å². The number of halogens is 2. The molecule has 0 fully saturated rings. The van der Waals surface area contributed by atoms with Gasteiger partial charge < -0.3 is 19.2 Å². The number of hydrogen-bond donors (Lipinski definition) is 0. The van der Waals surface area contributed by atoms with Gasteiger partial charge in [0.1, 0.15) is 34.8 Å². The molecule has 0 aliphatic rings. The lowest BCUT2D eigenvalue weighted by molar-refractivity contribution is 0.00128. The third kappa shape index (κ3) is 8.67. The lowest BCUT2D eigenvalue weighted by atomic mass is 10.2. The summed E-state index contributed by atoms with van der Waals surface area (Å²) in [6.45, 7) is 6.49. The van der Waals surface area contributed by atoms with E-state index in [0.29, 0.717) is 13.2 Å². The van der Waals surface area contributed by atoms with E-state index in [0.717, 1.165) is 22.9 Å². The lowest BCUT2D eigenvalue weighted by Gasteiger charge is -2.20. The van der Waals surface area contributed by atoms with Crippen molar-refractivity contribution in [2.45, 2.75) is 26.4 Å². The maximum Gasteiger partial charge on any atom is 0.129 e. The van der Waals surface area contributed by atoms with Crippen LogP contribution in [0.5, 0.6) is 11.5 Å². The molecule has 0 aromatic heterocycles. The van der Waals surface area contributed by atoms with Crippen molar-refractivity contribution in [1.82, 2.24) is 0 Å². The molecule has 0 heterocycles. The van der Waals surface area contributed by atoms with Crippen LogP contribution < -0.4 is 14.4 Å². The minimum absolute atomic E-state index is 0.194. The van der Waals surface area contributed by atoms with Crippen molar-refractivity contribution in [3.8, 4) is 11.5 Å². The molecule has 2 aromatic carbocycles. The molecule has 0 unspecified atom stereocenters. The van der Waals surface area contributed by atoms with E-state index < -0.39 is 0 Å². The number of benzene rings is 2. The molecule has 156 valence electrons. The molecule has 0 spiro atoms. The van der Waals surface area contributed by atoms with Gasteiger partial charge >= 0.3 is 0 Å². The number of oxime groups is 1. The first-order valence-electron chi connectivity index (χ1n) is 9.15. The van der Waals surface area contributed by atoms with Gasteiger partial charge in [-0.05, 0) is 75.4 Å². The molecule has 0 radical (unpaired) electrons. The Hall–Kier alpha value is -2.37. The van der Waals surface area contributed by atoms with E-state index in [1.807, 2.05) is 76.3 Å². The topological polar surface area (TPSA) is 43.3 Å². The van der Waals surface area contributed by atoms with Crippen LogP contribution in [0.25, 0.3) is 0 Å². The normalized spacial score (nSPS) is 11.2. The van der Waals surface area contributed by atoms with Gasteiger partial charge in [0.25, 0.3) is 0 Å². The van der Waals surface area contributed by atoms with Crippen LogP contribution in [0.3, 0.4) is 0 Å². The van der Waals surface area contributed by atoms with Gasteiger partial charge in [-0.2, -0.15) is 0 Å². The second-order valence-corrected chi connectivity index (χ2v) is 8.16. The predicted molar refractivity (Wildman–Crippen MR) is 121 cm³/mol. The molecule has 0 bridgehead atoms. The van der Waals surface area contributed by atoms with Crippen molar-refractivity contribution < 1.29 is 14.3 Å². The van der Waals surface area contributed by atoms with Crippen LogP contribution in [0.15, 0.2) is 64.3 Å². The van der Waals surface area contributed by atoms with Crippen LogP contribution in [0, 0.1) is 0 Å². The first-order valence-corrected chi connectivity index (χ1v) is 9.91. The Morgan fingerprint density at radius 2 is 1.38 bits per heavy atom. The largest absolute Gasteiger partial charge is 0.489 e. The second kappa shape index (κ2) is 11.0. The average Bonchev–Trinajstić information content (AvgIpc) is 2.67. The molecule has 0 aliphatic carbocycles. The molecule has 5 nitrogen and oxygen atoms in total. The molecule has 2 aromatic rings. The molecule has 0 saturated heterocycles. The first-order chi connectivity index (χ1) is 13.7. The molecule has 0 amide bonds. The SMILES string of the molecule is CN(c1ccc(OCC=NOC(C)(C)C)cc1)c1ccc(OCC=C(Cl)Cl)cc1. The van der Waals surface area contributed by atoms with Gasteiger partial charge in [-0.25, -0.2) is 0 Å². The lowest BCUT2D eigenvalue weighted by Crippen LogP contribution is -2.16. The number of nitrogens with zero attached hydrogens (tertiary/aromatic N) is 2. The predicted octanol–water partition coefficient (Wildman–Crippen LogP) is 6.33. The van der Waals surface area contributed by atoms with Crippen molar-refractivity contribution in [1.29, 1.82) is 0 Å². The zero-order valence-corrected chi connectivity index (χ0v) is 18.6. The van der Waals surface area contributed by atoms with Gasteiger partial charge in [0.05, 0.1) is 6.21 Å². The average molecular weight is 437 g/mol. The van der Waals surface area contributed by atoms with Crippen LogP contribution in [0.4, 0.5) is 11.4 Å². The second-order valence-electron chi connectivity index (χ2n) is 7.15. The van der Waals surface area contributed by atoms with Gasteiger partial charge in [-0.3, -0.25) is 0 Å². The number of rotatable bonds is 9. The molecule has 0 atom stereocenters. The highest BCUT2D eigenvalue weighted by molar-refractivity contribution is 6.55. The summed E-state index contributed by atoms with van der Waals surface area (Å²) in [5.74, 6) is 1.51. The highest BCUT2D eigenvalue weighted by Crippen LogP contribution is 2.27. The maximum atomic E-state index is 5.64. The first kappa shape index (κ1) is 22.9. The Kier molecular flexibility index (Phi) is 8.68. The van der Waals surface area contributed by atoms with Crippen molar-refractivity contribution in [3.05, 3.63) is 59.1 Å². The van der Waals surface area contributed by atoms with Crippen LogP contribution in [0.2, 0.25) is 0 Å². The summed E-state index contributed by atoms with van der Waals surface area (Å²) in [5, 5.41) is 3.89. The van der Waals surface area contributed by atoms with E-state index in [2.05, 4.69) is 10.1 Å². The van der Waals surface area contributed by atoms with E-state index in [9.17, 15) is 0 Å². The third-order valence-electron chi connectivity index (χ3n) is 3.66.